The molecule has 1 aliphatic heterocycles. The third-order valence-electron chi connectivity index (χ3n) is 5.61. The van der Waals surface area contributed by atoms with E-state index >= 15 is 0 Å². The van der Waals surface area contributed by atoms with E-state index in [1.807, 2.05) is 17.5 Å². The molecular weight excluding hydrogens is 428 g/mol. The summed E-state index contributed by atoms with van der Waals surface area (Å²) in [4.78, 5) is 31.3. The summed E-state index contributed by atoms with van der Waals surface area (Å²) >= 11 is 1.49. The second kappa shape index (κ2) is 8.66. The molecule has 3 aromatic heterocycles. The highest BCUT2D eigenvalue weighted by atomic mass is 32.1. The Morgan fingerprint density at radius 1 is 1.19 bits per heavy atom. The van der Waals surface area contributed by atoms with Crippen LogP contribution in [0.4, 0.5) is 0 Å². The van der Waals surface area contributed by atoms with Gasteiger partial charge in [0.15, 0.2) is 6.10 Å². The Hall–Kier alpha value is -3.33. The molecule has 0 radical (unpaired) electrons. The van der Waals surface area contributed by atoms with Gasteiger partial charge in [-0.15, -0.1) is 21.5 Å². The van der Waals surface area contributed by atoms with E-state index in [2.05, 4.69) is 10.2 Å². The van der Waals surface area contributed by atoms with Gasteiger partial charge in [0.25, 0.3) is 17.3 Å². The fraction of sp³-hybridized carbons (Fsp3) is 0.348. The molecule has 0 N–H and O–H groups in total. The van der Waals surface area contributed by atoms with Crippen molar-refractivity contribution < 1.29 is 13.9 Å². The zero-order valence-electron chi connectivity index (χ0n) is 17.6. The molecule has 0 amide bonds. The van der Waals surface area contributed by atoms with Crippen LogP contribution in [0.2, 0.25) is 0 Å². The summed E-state index contributed by atoms with van der Waals surface area (Å²) in [6.45, 7) is 2.37. The molecule has 0 spiro atoms. The first-order chi connectivity index (χ1) is 15.6. The van der Waals surface area contributed by atoms with Gasteiger partial charge in [-0.2, -0.15) is 0 Å². The maximum absolute atomic E-state index is 13.0. The standard InChI is InChI=1S/C23H22N4O4S/c1-14(20-25-26-21(31-20)18-7-6-12-32-18)30-23(29)15-9-10-16-17(13-15)24-19-8-4-2-3-5-11-27(19)22(16)28/h6-7,9-10,12-14H,2-5,8,11H2,1H3. The monoisotopic (exact) mass is 450 g/mol. The molecule has 0 saturated carbocycles. The Balaban J connectivity index is 1.38. The Morgan fingerprint density at radius 3 is 2.91 bits per heavy atom. The maximum Gasteiger partial charge on any atom is 0.338 e. The van der Waals surface area contributed by atoms with Gasteiger partial charge in [0.1, 0.15) is 5.82 Å². The van der Waals surface area contributed by atoms with E-state index in [0.717, 1.165) is 42.8 Å². The molecule has 0 aliphatic carbocycles. The minimum Gasteiger partial charge on any atom is -0.449 e. The highest BCUT2D eigenvalue weighted by Crippen LogP contribution is 2.26. The first-order valence-electron chi connectivity index (χ1n) is 10.7. The molecule has 32 heavy (non-hydrogen) atoms. The topological polar surface area (TPSA) is 100 Å². The molecule has 164 valence electrons. The van der Waals surface area contributed by atoms with Gasteiger partial charge in [0.05, 0.1) is 21.3 Å². The van der Waals surface area contributed by atoms with Crippen molar-refractivity contribution in [2.24, 2.45) is 0 Å². The van der Waals surface area contributed by atoms with E-state index in [-0.39, 0.29) is 11.4 Å². The fourth-order valence-electron chi connectivity index (χ4n) is 3.90. The molecule has 1 aromatic carbocycles. The molecule has 8 nitrogen and oxygen atoms in total. The average Bonchev–Trinajstić information content (AvgIpc) is 3.47. The first kappa shape index (κ1) is 20.6. The molecule has 4 aromatic rings. The minimum atomic E-state index is -0.714. The van der Waals surface area contributed by atoms with Crippen LogP contribution in [-0.4, -0.2) is 25.7 Å². The third kappa shape index (κ3) is 3.95. The van der Waals surface area contributed by atoms with Crippen molar-refractivity contribution in [3.05, 3.63) is 63.3 Å². The zero-order chi connectivity index (χ0) is 22.1. The molecule has 0 fully saturated rings. The number of carbonyl (C=O) groups is 1. The van der Waals surface area contributed by atoms with Gasteiger partial charge in [-0.1, -0.05) is 18.9 Å². The predicted molar refractivity (Wildman–Crippen MR) is 120 cm³/mol. The molecule has 1 atom stereocenters. The van der Waals surface area contributed by atoms with E-state index in [4.69, 9.17) is 14.1 Å². The number of aromatic nitrogens is 4. The van der Waals surface area contributed by atoms with Gasteiger partial charge in [0, 0.05) is 13.0 Å². The molecule has 1 aliphatic rings. The number of ether oxygens (including phenoxy) is 1. The average molecular weight is 451 g/mol. The van der Waals surface area contributed by atoms with Gasteiger partial charge in [-0.25, -0.2) is 9.78 Å². The van der Waals surface area contributed by atoms with Crippen LogP contribution >= 0.6 is 11.3 Å². The Kier molecular flexibility index (Phi) is 5.57. The number of fused-ring (bicyclic) bond motifs is 2. The van der Waals surface area contributed by atoms with Crippen LogP contribution in [0.25, 0.3) is 21.7 Å². The molecule has 5 rings (SSSR count). The van der Waals surface area contributed by atoms with E-state index in [1.54, 1.807) is 29.7 Å². The van der Waals surface area contributed by atoms with Crippen LogP contribution in [0.1, 0.15) is 60.8 Å². The number of rotatable bonds is 4. The number of carbonyl (C=O) groups excluding carboxylic acids is 1. The molecule has 4 heterocycles. The van der Waals surface area contributed by atoms with E-state index in [0.29, 0.717) is 28.9 Å². The van der Waals surface area contributed by atoms with E-state index in [9.17, 15) is 9.59 Å². The summed E-state index contributed by atoms with van der Waals surface area (Å²) in [5.41, 5.74) is 0.791. The number of hydrogen-bond acceptors (Lipinski definition) is 8. The predicted octanol–water partition coefficient (Wildman–Crippen LogP) is 4.54. The number of benzene rings is 1. The zero-order valence-corrected chi connectivity index (χ0v) is 18.4. The SMILES string of the molecule is CC(OC(=O)c1ccc2c(=O)n3c(nc2c1)CCCCCC3)c1nnc(-c2cccs2)o1. The molecule has 1 unspecified atom stereocenters. The summed E-state index contributed by atoms with van der Waals surface area (Å²) in [6.07, 6.45) is 4.31. The summed E-state index contributed by atoms with van der Waals surface area (Å²) in [7, 11) is 0. The molecule has 9 heteroatoms. The lowest BCUT2D eigenvalue weighted by Gasteiger charge is -2.16. The smallest absolute Gasteiger partial charge is 0.338 e. The van der Waals surface area contributed by atoms with Crippen LogP contribution in [0.15, 0.2) is 44.9 Å². The van der Waals surface area contributed by atoms with E-state index in [1.165, 1.54) is 11.3 Å². The fourth-order valence-corrected chi connectivity index (χ4v) is 4.54. The Labute approximate surface area is 187 Å². The van der Waals surface area contributed by atoms with Crippen LogP contribution in [0.5, 0.6) is 0 Å². The normalized spacial score (nSPS) is 15.0. The van der Waals surface area contributed by atoms with Gasteiger partial charge in [-0.3, -0.25) is 9.36 Å². The molecule has 0 bridgehead atoms. The highest BCUT2D eigenvalue weighted by Gasteiger charge is 2.21. The van der Waals surface area contributed by atoms with Gasteiger partial charge >= 0.3 is 5.97 Å². The van der Waals surface area contributed by atoms with Crippen LogP contribution in [-0.2, 0) is 17.7 Å². The number of aryl methyl sites for hydroxylation is 1. The number of nitrogens with zero attached hydrogens (tertiary/aromatic N) is 4. The summed E-state index contributed by atoms with van der Waals surface area (Å²) in [5.74, 6) is 0.863. The molecular formula is C23H22N4O4S. The second-order valence-electron chi connectivity index (χ2n) is 7.85. The van der Waals surface area contributed by atoms with Crippen LogP contribution < -0.4 is 5.56 Å². The summed E-state index contributed by atoms with van der Waals surface area (Å²) in [6, 6.07) is 8.65. The van der Waals surface area contributed by atoms with Crippen molar-refractivity contribution in [1.82, 2.24) is 19.7 Å². The van der Waals surface area contributed by atoms with Crippen molar-refractivity contribution in [3.63, 3.8) is 0 Å². The van der Waals surface area contributed by atoms with Crippen molar-refractivity contribution >= 4 is 28.2 Å². The lowest BCUT2D eigenvalue weighted by Crippen LogP contribution is -2.26. The lowest BCUT2D eigenvalue weighted by atomic mass is 10.1. The number of esters is 1. The van der Waals surface area contributed by atoms with E-state index < -0.39 is 12.1 Å². The quantitative estimate of drug-likeness (QED) is 0.421. The maximum atomic E-state index is 13.0. The van der Waals surface area contributed by atoms with Gasteiger partial charge in [-0.05, 0) is 49.4 Å². The van der Waals surface area contributed by atoms with Crippen molar-refractivity contribution in [2.45, 2.75) is 51.7 Å². The van der Waals surface area contributed by atoms with Crippen molar-refractivity contribution in [1.29, 1.82) is 0 Å². The summed E-state index contributed by atoms with van der Waals surface area (Å²) in [5, 5.41) is 10.5. The Bertz CT molecular complexity index is 1330. The molecule has 0 saturated heterocycles. The number of hydrogen-bond donors (Lipinski definition) is 0. The Morgan fingerprint density at radius 2 is 2.06 bits per heavy atom. The number of thiophene rings is 1. The minimum absolute atomic E-state index is 0.0489. The van der Waals surface area contributed by atoms with Crippen molar-refractivity contribution in [2.75, 3.05) is 0 Å². The third-order valence-corrected chi connectivity index (χ3v) is 6.46. The first-order valence-corrected chi connectivity index (χ1v) is 11.6. The second-order valence-corrected chi connectivity index (χ2v) is 8.80. The summed E-state index contributed by atoms with van der Waals surface area (Å²) < 4.78 is 13.0. The van der Waals surface area contributed by atoms with Crippen LogP contribution in [0, 0.1) is 0 Å². The van der Waals surface area contributed by atoms with Gasteiger partial charge in [0.2, 0.25) is 0 Å². The largest absolute Gasteiger partial charge is 0.449 e. The lowest BCUT2D eigenvalue weighted by molar-refractivity contribution is 0.0280. The van der Waals surface area contributed by atoms with Gasteiger partial charge < -0.3 is 9.15 Å². The van der Waals surface area contributed by atoms with Crippen LogP contribution in [0.3, 0.4) is 0 Å². The van der Waals surface area contributed by atoms with Crippen molar-refractivity contribution in [3.8, 4) is 10.8 Å². The highest BCUT2D eigenvalue weighted by molar-refractivity contribution is 7.13.